The smallest absolute Gasteiger partial charge is 0.303 e. The van der Waals surface area contributed by atoms with Crippen LogP contribution in [0.1, 0.15) is 84.0 Å². The van der Waals surface area contributed by atoms with Crippen LogP contribution in [0.3, 0.4) is 0 Å². The fourth-order valence-electron chi connectivity index (χ4n) is 2.44. The first-order chi connectivity index (χ1) is 10.8. The van der Waals surface area contributed by atoms with E-state index < -0.39 is 5.97 Å². The third-order valence-electron chi connectivity index (χ3n) is 3.76. The zero-order chi connectivity index (χ0) is 16.3. The third kappa shape index (κ3) is 19.4. The van der Waals surface area contributed by atoms with Gasteiger partial charge in [-0.05, 0) is 19.8 Å². The first kappa shape index (κ1) is 21.4. The lowest BCUT2D eigenvalue weighted by Gasteiger charge is -2.05. The molecule has 0 fully saturated rings. The largest absolute Gasteiger partial charge is 0.481 e. The van der Waals surface area contributed by atoms with Gasteiger partial charge < -0.3 is 14.6 Å². The van der Waals surface area contributed by atoms with E-state index in [4.69, 9.17) is 14.6 Å². The molecule has 0 atom stereocenters. The molecule has 0 bridgehead atoms. The Balaban J connectivity index is 2.95. The Morgan fingerprint density at radius 2 is 1.14 bits per heavy atom. The van der Waals surface area contributed by atoms with Crippen LogP contribution in [0.25, 0.3) is 0 Å². The van der Waals surface area contributed by atoms with Crippen LogP contribution in [0.5, 0.6) is 0 Å². The van der Waals surface area contributed by atoms with Crippen molar-refractivity contribution in [3.05, 3.63) is 0 Å². The van der Waals surface area contributed by atoms with Crippen molar-refractivity contribution >= 4 is 5.97 Å². The maximum absolute atomic E-state index is 10.3. The second kappa shape index (κ2) is 18.4. The molecule has 0 unspecified atom stereocenters. The molecular formula is C18H36O4. The number of aliphatic carboxylic acids is 1. The van der Waals surface area contributed by atoms with E-state index in [0.29, 0.717) is 13.0 Å². The fourth-order valence-corrected chi connectivity index (χ4v) is 2.44. The van der Waals surface area contributed by atoms with Gasteiger partial charge >= 0.3 is 5.97 Å². The molecular weight excluding hydrogens is 280 g/mol. The van der Waals surface area contributed by atoms with Crippen molar-refractivity contribution in [3.8, 4) is 0 Å². The van der Waals surface area contributed by atoms with Crippen molar-refractivity contribution in [2.45, 2.75) is 84.0 Å². The Morgan fingerprint density at radius 1 is 0.682 bits per heavy atom. The third-order valence-corrected chi connectivity index (χ3v) is 3.76. The highest BCUT2D eigenvalue weighted by Gasteiger charge is 1.97. The summed E-state index contributed by atoms with van der Waals surface area (Å²) < 4.78 is 10.7. The van der Waals surface area contributed by atoms with Gasteiger partial charge in [0, 0.05) is 19.6 Å². The quantitative estimate of drug-likeness (QED) is 0.369. The fraction of sp³-hybridized carbons (Fsp3) is 0.944. The number of carboxylic acid groups (broad SMARTS) is 1. The summed E-state index contributed by atoms with van der Waals surface area (Å²) >= 11 is 0. The van der Waals surface area contributed by atoms with Crippen molar-refractivity contribution < 1.29 is 19.4 Å². The van der Waals surface area contributed by atoms with Crippen molar-refractivity contribution in [2.75, 3.05) is 26.4 Å². The number of unbranched alkanes of at least 4 members (excludes halogenated alkanes) is 10. The summed E-state index contributed by atoms with van der Waals surface area (Å²) in [5.41, 5.74) is 0. The molecule has 132 valence electrons. The van der Waals surface area contributed by atoms with Gasteiger partial charge in [-0.3, -0.25) is 4.79 Å². The molecule has 0 aromatic heterocycles. The van der Waals surface area contributed by atoms with Crippen LogP contribution >= 0.6 is 0 Å². The number of hydrogen-bond donors (Lipinski definition) is 1. The maximum Gasteiger partial charge on any atom is 0.303 e. The molecule has 4 heteroatoms. The summed E-state index contributed by atoms with van der Waals surface area (Å²) in [7, 11) is 0. The lowest BCUT2D eigenvalue weighted by atomic mass is 10.1. The van der Waals surface area contributed by atoms with E-state index >= 15 is 0 Å². The van der Waals surface area contributed by atoms with E-state index in [1.165, 1.54) is 51.4 Å². The Hall–Kier alpha value is -0.610. The number of hydrogen-bond acceptors (Lipinski definition) is 3. The predicted octanol–water partition coefficient (Wildman–Crippen LogP) is 4.81. The first-order valence-electron chi connectivity index (χ1n) is 9.14. The maximum atomic E-state index is 10.3. The van der Waals surface area contributed by atoms with Gasteiger partial charge in [-0.1, -0.05) is 57.8 Å². The molecule has 22 heavy (non-hydrogen) atoms. The van der Waals surface area contributed by atoms with E-state index in [1.54, 1.807) is 0 Å². The van der Waals surface area contributed by atoms with Gasteiger partial charge in [0.2, 0.25) is 0 Å². The molecule has 0 rings (SSSR count). The number of ether oxygens (including phenoxy) is 2. The van der Waals surface area contributed by atoms with Gasteiger partial charge in [0.05, 0.1) is 13.2 Å². The Kier molecular flexibility index (Phi) is 17.9. The summed E-state index contributed by atoms with van der Waals surface area (Å²) in [6, 6.07) is 0. The Bertz CT molecular complexity index is 231. The van der Waals surface area contributed by atoms with Gasteiger partial charge in [-0.2, -0.15) is 0 Å². The van der Waals surface area contributed by atoms with Crippen molar-refractivity contribution in [2.24, 2.45) is 0 Å². The zero-order valence-electron chi connectivity index (χ0n) is 14.5. The van der Waals surface area contributed by atoms with Crippen molar-refractivity contribution in [1.82, 2.24) is 0 Å². The van der Waals surface area contributed by atoms with Gasteiger partial charge in [-0.15, -0.1) is 0 Å². The molecule has 0 heterocycles. The second-order valence-corrected chi connectivity index (χ2v) is 5.84. The molecule has 1 N–H and O–H groups in total. The molecule has 0 amide bonds. The molecule has 0 aliphatic heterocycles. The molecule has 4 nitrogen and oxygen atoms in total. The lowest BCUT2D eigenvalue weighted by molar-refractivity contribution is -0.137. The van der Waals surface area contributed by atoms with Crippen molar-refractivity contribution in [1.29, 1.82) is 0 Å². The molecule has 0 radical (unpaired) electrons. The van der Waals surface area contributed by atoms with Gasteiger partial charge in [-0.25, -0.2) is 0 Å². The van der Waals surface area contributed by atoms with Crippen LogP contribution in [-0.2, 0) is 14.3 Å². The average Bonchev–Trinajstić information content (AvgIpc) is 2.50. The number of carbonyl (C=O) groups is 1. The van der Waals surface area contributed by atoms with Crippen LogP contribution in [0.2, 0.25) is 0 Å². The van der Waals surface area contributed by atoms with E-state index in [9.17, 15) is 4.79 Å². The summed E-state index contributed by atoms with van der Waals surface area (Å²) in [4.78, 5) is 10.3. The van der Waals surface area contributed by atoms with Crippen LogP contribution in [0.4, 0.5) is 0 Å². The monoisotopic (exact) mass is 316 g/mol. The minimum Gasteiger partial charge on any atom is -0.481 e. The Morgan fingerprint density at radius 3 is 1.64 bits per heavy atom. The zero-order valence-corrected chi connectivity index (χ0v) is 14.5. The summed E-state index contributed by atoms with van der Waals surface area (Å²) in [5.74, 6) is -0.667. The molecule has 0 spiro atoms. The molecule has 0 aromatic rings. The minimum atomic E-state index is -0.667. The highest BCUT2D eigenvalue weighted by Crippen LogP contribution is 2.12. The van der Waals surface area contributed by atoms with Crippen molar-refractivity contribution in [3.63, 3.8) is 0 Å². The summed E-state index contributed by atoms with van der Waals surface area (Å²) in [6.45, 7) is 5.07. The molecule has 0 saturated carbocycles. The average molecular weight is 316 g/mol. The van der Waals surface area contributed by atoms with Gasteiger partial charge in [0.1, 0.15) is 0 Å². The predicted molar refractivity (Wildman–Crippen MR) is 90.4 cm³/mol. The van der Waals surface area contributed by atoms with E-state index in [1.807, 2.05) is 6.92 Å². The first-order valence-corrected chi connectivity index (χ1v) is 9.14. The summed E-state index contributed by atoms with van der Waals surface area (Å²) in [5, 5.41) is 8.53. The van der Waals surface area contributed by atoms with Crippen LogP contribution in [0.15, 0.2) is 0 Å². The standard InChI is InChI=1S/C18H36O4/c1-2-21-16-17-22-15-13-11-9-7-5-3-4-6-8-10-12-14-18(19)20/h2-17H2,1H3,(H,19,20). The highest BCUT2D eigenvalue weighted by atomic mass is 16.5. The summed E-state index contributed by atoms with van der Waals surface area (Å²) in [6.07, 6.45) is 13.7. The topological polar surface area (TPSA) is 55.8 Å². The molecule has 0 aliphatic rings. The number of carboxylic acids is 1. The second-order valence-electron chi connectivity index (χ2n) is 5.84. The van der Waals surface area contributed by atoms with Crippen LogP contribution in [0, 0.1) is 0 Å². The lowest BCUT2D eigenvalue weighted by Crippen LogP contribution is -2.04. The SMILES string of the molecule is CCOCCOCCCCCCCCCCCCCC(=O)O. The van der Waals surface area contributed by atoms with E-state index in [0.717, 1.165) is 39.1 Å². The van der Waals surface area contributed by atoms with Crippen LogP contribution in [-0.4, -0.2) is 37.5 Å². The molecule has 0 saturated heterocycles. The number of rotatable bonds is 18. The highest BCUT2D eigenvalue weighted by molar-refractivity contribution is 5.66. The Labute approximate surface area is 136 Å². The van der Waals surface area contributed by atoms with Gasteiger partial charge in [0.25, 0.3) is 0 Å². The molecule has 0 aliphatic carbocycles. The molecule has 0 aromatic carbocycles. The van der Waals surface area contributed by atoms with E-state index in [-0.39, 0.29) is 0 Å². The van der Waals surface area contributed by atoms with Crippen LogP contribution < -0.4 is 0 Å². The minimum absolute atomic E-state index is 0.329. The van der Waals surface area contributed by atoms with Gasteiger partial charge in [0.15, 0.2) is 0 Å². The normalized spacial score (nSPS) is 11.0. The van der Waals surface area contributed by atoms with E-state index in [2.05, 4.69) is 0 Å².